The van der Waals surface area contributed by atoms with E-state index < -0.39 is 0 Å². The van der Waals surface area contributed by atoms with Crippen LogP contribution >= 0.6 is 0 Å². The Hall–Kier alpha value is -6.84. The van der Waals surface area contributed by atoms with Crippen molar-refractivity contribution in [3.05, 3.63) is 194 Å². The van der Waals surface area contributed by atoms with Gasteiger partial charge in [0.15, 0.2) is 0 Å². The average molecular weight is 653 g/mol. The smallest absolute Gasteiger partial charge is 0.137 e. The molecule has 3 nitrogen and oxygen atoms in total. The molecule has 0 aliphatic heterocycles. The van der Waals surface area contributed by atoms with E-state index >= 15 is 0 Å². The Balaban J connectivity index is 1.32. The van der Waals surface area contributed by atoms with Gasteiger partial charge in [-0.15, -0.1) is 0 Å². The first kappa shape index (κ1) is 29.1. The fourth-order valence-electron chi connectivity index (χ4n) is 7.79. The number of aromatic nitrogens is 1. The summed E-state index contributed by atoms with van der Waals surface area (Å²) in [5.74, 6) is 0. The molecule has 0 atom stereocenters. The Morgan fingerprint density at radius 3 is 1.80 bits per heavy atom. The first-order chi connectivity index (χ1) is 25.3. The Morgan fingerprint density at radius 2 is 1.00 bits per heavy atom. The maximum absolute atomic E-state index is 6.44. The van der Waals surface area contributed by atoms with Gasteiger partial charge in [0, 0.05) is 33.1 Å². The van der Waals surface area contributed by atoms with Crippen LogP contribution < -0.4 is 4.90 Å². The quantitative estimate of drug-likeness (QED) is 0.178. The Bertz CT molecular complexity index is 2850. The van der Waals surface area contributed by atoms with Crippen LogP contribution in [0.4, 0.5) is 17.1 Å². The third-order valence-electron chi connectivity index (χ3n) is 9.98. The molecule has 8 aromatic carbocycles. The minimum Gasteiger partial charge on any atom is -0.456 e. The summed E-state index contributed by atoms with van der Waals surface area (Å²) in [7, 11) is 0. The molecule has 51 heavy (non-hydrogen) atoms. The van der Waals surface area contributed by atoms with Crippen LogP contribution in [0.5, 0.6) is 0 Å². The molecule has 0 fully saturated rings. The van der Waals surface area contributed by atoms with Crippen LogP contribution in [0.1, 0.15) is 0 Å². The summed E-state index contributed by atoms with van der Waals surface area (Å²) < 4.78 is 8.84. The molecule has 0 radical (unpaired) electrons. The monoisotopic (exact) mass is 652 g/mol. The number of rotatable bonds is 6. The third kappa shape index (κ3) is 4.74. The van der Waals surface area contributed by atoms with Crippen molar-refractivity contribution in [1.82, 2.24) is 4.57 Å². The van der Waals surface area contributed by atoms with Crippen molar-refractivity contribution in [3.8, 4) is 27.9 Å². The van der Waals surface area contributed by atoms with Crippen LogP contribution in [-0.4, -0.2) is 4.57 Å². The topological polar surface area (TPSA) is 21.3 Å². The first-order valence-corrected chi connectivity index (χ1v) is 17.4. The van der Waals surface area contributed by atoms with E-state index in [0.717, 1.165) is 61.3 Å². The summed E-state index contributed by atoms with van der Waals surface area (Å²) in [6, 6.07) is 69.1. The summed E-state index contributed by atoms with van der Waals surface area (Å²) in [5, 5.41) is 4.61. The van der Waals surface area contributed by atoms with Gasteiger partial charge in [0.2, 0.25) is 0 Å². The van der Waals surface area contributed by atoms with Gasteiger partial charge in [-0.3, -0.25) is 0 Å². The molecule has 10 rings (SSSR count). The van der Waals surface area contributed by atoms with E-state index in [1.165, 1.54) is 27.4 Å². The maximum atomic E-state index is 6.44. The van der Waals surface area contributed by atoms with Crippen molar-refractivity contribution in [3.63, 3.8) is 0 Å². The van der Waals surface area contributed by atoms with E-state index in [0.29, 0.717) is 0 Å². The number of hydrogen-bond donors (Lipinski definition) is 0. The Labute approximate surface area is 295 Å². The second kappa shape index (κ2) is 11.9. The zero-order valence-corrected chi connectivity index (χ0v) is 27.8. The van der Waals surface area contributed by atoms with Gasteiger partial charge in [-0.05, 0) is 77.4 Å². The van der Waals surface area contributed by atoms with Gasteiger partial charge in [0.05, 0.1) is 27.8 Å². The molecular formula is C48H32N2O. The molecule has 0 unspecified atom stereocenters. The fraction of sp³-hybridized carbons (Fsp3) is 0. The van der Waals surface area contributed by atoms with Crippen molar-refractivity contribution in [2.75, 3.05) is 4.90 Å². The SMILES string of the molecule is c1ccc(-c2ccccc2N(c2ccc3c(c2)c2c(-c4ccccc4)cccc2n3-c2ccccc2)c2cccc3oc4ccccc4c23)cc1. The van der Waals surface area contributed by atoms with E-state index in [1.54, 1.807) is 0 Å². The van der Waals surface area contributed by atoms with Crippen molar-refractivity contribution in [1.29, 1.82) is 0 Å². The highest BCUT2D eigenvalue weighted by Crippen LogP contribution is 2.48. The van der Waals surface area contributed by atoms with E-state index in [1.807, 2.05) is 6.07 Å². The molecule has 0 saturated carbocycles. The number of nitrogens with zero attached hydrogens (tertiary/aromatic N) is 2. The molecule has 2 heterocycles. The molecule has 0 aliphatic rings. The predicted molar refractivity (Wildman–Crippen MR) is 214 cm³/mol. The number of fused-ring (bicyclic) bond motifs is 6. The lowest BCUT2D eigenvalue weighted by Gasteiger charge is -2.28. The van der Waals surface area contributed by atoms with Crippen LogP contribution in [0, 0.1) is 0 Å². The molecule has 0 N–H and O–H groups in total. The summed E-state index contributed by atoms with van der Waals surface area (Å²) >= 11 is 0. The minimum atomic E-state index is 0.865. The molecule has 0 saturated heterocycles. The number of anilines is 3. The molecule has 240 valence electrons. The van der Waals surface area contributed by atoms with Gasteiger partial charge in [0.25, 0.3) is 0 Å². The van der Waals surface area contributed by atoms with Gasteiger partial charge in [0.1, 0.15) is 11.2 Å². The molecule has 0 aliphatic carbocycles. The number of para-hydroxylation sites is 3. The molecule has 3 heteroatoms. The van der Waals surface area contributed by atoms with Crippen LogP contribution in [-0.2, 0) is 0 Å². The summed E-state index contributed by atoms with van der Waals surface area (Å²) in [6.07, 6.45) is 0. The highest BCUT2D eigenvalue weighted by Gasteiger charge is 2.24. The number of benzene rings is 8. The predicted octanol–water partition coefficient (Wildman–Crippen LogP) is 13.5. The van der Waals surface area contributed by atoms with Crippen molar-refractivity contribution in [2.24, 2.45) is 0 Å². The minimum absolute atomic E-state index is 0.865. The molecule has 0 amide bonds. The molecule has 2 aromatic heterocycles. The highest BCUT2D eigenvalue weighted by molar-refractivity contribution is 6.18. The maximum Gasteiger partial charge on any atom is 0.137 e. The van der Waals surface area contributed by atoms with E-state index in [2.05, 4.69) is 198 Å². The van der Waals surface area contributed by atoms with Crippen LogP contribution in [0.2, 0.25) is 0 Å². The Kier molecular flexibility index (Phi) is 6.81. The fourth-order valence-corrected chi connectivity index (χ4v) is 7.79. The van der Waals surface area contributed by atoms with Gasteiger partial charge in [-0.2, -0.15) is 0 Å². The average Bonchev–Trinajstić information content (AvgIpc) is 3.75. The van der Waals surface area contributed by atoms with Crippen LogP contribution in [0.3, 0.4) is 0 Å². The summed E-state index contributed by atoms with van der Waals surface area (Å²) in [6.45, 7) is 0. The highest BCUT2D eigenvalue weighted by atomic mass is 16.3. The van der Waals surface area contributed by atoms with Gasteiger partial charge in [-0.1, -0.05) is 133 Å². The summed E-state index contributed by atoms with van der Waals surface area (Å²) in [5.41, 5.74) is 13.2. The standard InChI is InChI=1S/C48H32N2O/c1-4-16-33(17-5-1)37-22-10-12-25-41(37)50(44-27-15-29-46-48(44)39-23-11-13-28-45(39)51-46)36-30-31-42-40(32-36)47-38(34-18-6-2-7-19-34)24-14-26-43(47)49(42)35-20-8-3-9-21-35/h1-32H. The lowest BCUT2D eigenvalue weighted by molar-refractivity contribution is 0.669. The van der Waals surface area contributed by atoms with E-state index in [-0.39, 0.29) is 0 Å². The zero-order valence-electron chi connectivity index (χ0n) is 27.8. The van der Waals surface area contributed by atoms with Gasteiger partial charge in [-0.25, -0.2) is 0 Å². The number of hydrogen-bond acceptors (Lipinski definition) is 2. The van der Waals surface area contributed by atoms with Crippen molar-refractivity contribution < 1.29 is 4.42 Å². The largest absolute Gasteiger partial charge is 0.456 e. The van der Waals surface area contributed by atoms with Crippen LogP contribution in [0.15, 0.2) is 199 Å². The molecular weight excluding hydrogens is 621 g/mol. The molecule has 0 spiro atoms. The lowest BCUT2D eigenvalue weighted by atomic mass is 9.98. The van der Waals surface area contributed by atoms with Gasteiger partial charge < -0.3 is 13.9 Å². The van der Waals surface area contributed by atoms with Crippen molar-refractivity contribution >= 4 is 60.8 Å². The van der Waals surface area contributed by atoms with E-state index in [9.17, 15) is 0 Å². The normalized spacial score (nSPS) is 11.5. The lowest BCUT2D eigenvalue weighted by Crippen LogP contribution is -2.11. The Morgan fingerprint density at radius 1 is 0.392 bits per heavy atom. The zero-order chi connectivity index (χ0) is 33.7. The molecule has 10 aromatic rings. The van der Waals surface area contributed by atoms with Crippen LogP contribution in [0.25, 0.3) is 71.7 Å². The second-order valence-electron chi connectivity index (χ2n) is 12.9. The van der Waals surface area contributed by atoms with Gasteiger partial charge >= 0.3 is 0 Å². The molecule has 0 bridgehead atoms. The third-order valence-corrected chi connectivity index (χ3v) is 9.98. The number of furan rings is 1. The van der Waals surface area contributed by atoms with Crippen molar-refractivity contribution in [2.45, 2.75) is 0 Å². The summed E-state index contributed by atoms with van der Waals surface area (Å²) in [4.78, 5) is 2.42. The second-order valence-corrected chi connectivity index (χ2v) is 12.9. The first-order valence-electron chi connectivity index (χ1n) is 17.4. The van der Waals surface area contributed by atoms with E-state index in [4.69, 9.17) is 4.42 Å².